The Morgan fingerprint density at radius 3 is 2.34 bits per heavy atom. The lowest BCUT2D eigenvalue weighted by molar-refractivity contribution is -0.143. The Hall–Kier alpha value is -3.19. The van der Waals surface area contributed by atoms with Crippen LogP contribution in [0.1, 0.15) is 29.3 Å². The summed E-state index contributed by atoms with van der Waals surface area (Å²) in [6, 6.07) is 20.9. The highest BCUT2D eigenvalue weighted by Crippen LogP contribution is 2.35. The van der Waals surface area contributed by atoms with Crippen molar-refractivity contribution in [3.05, 3.63) is 88.4 Å². The first kappa shape index (κ1) is 23.5. The van der Waals surface area contributed by atoms with Crippen molar-refractivity contribution in [2.45, 2.75) is 25.3 Å². The van der Waals surface area contributed by atoms with E-state index in [1.165, 1.54) is 6.07 Å². The molecule has 7 heteroatoms. The summed E-state index contributed by atoms with van der Waals surface area (Å²) in [5, 5.41) is 1.99. The molecule has 0 aliphatic carbocycles. The number of carbonyl (C=O) groups excluding carboxylic acids is 2. The van der Waals surface area contributed by atoms with Gasteiger partial charge in [0.05, 0.1) is 24.1 Å². The number of likely N-dealkylation sites (tertiary alicyclic amines) is 1. The summed E-state index contributed by atoms with van der Waals surface area (Å²) in [5.74, 6) is -0.254. The summed E-state index contributed by atoms with van der Waals surface area (Å²) in [4.78, 5) is 33.7. The predicted molar refractivity (Wildman–Crippen MR) is 137 cm³/mol. The summed E-state index contributed by atoms with van der Waals surface area (Å²) in [6.07, 6.45) is 1.89. The average molecular weight is 492 g/mol. The van der Waals surface area contributed by atoms with Gasteiger partial charge in [0.1, 0.15) is 5.82 Å². The number of nitrogens with zero attached hydrogens (tertiary/aromatic N) is 3. The average Bonchev–Trinajstić information content (AvgIpc) is 3.42. The van der Waals surface area contributed by atoms with E-state index in [1.54, 1.807) is 23.5 Å². The van der Waals surface area contributed by atoms with E-state index in [0.717, 1.165) is 23.3 Å². The lowest BCUT2D eigenvalue weighted by Gasteiger charge is -2.42. The van der Waals surface area contributed by atoms with Gasteiger partial charge in [0.2, 0.25) is 11.8 Å². The minimum Gasteiger partial charge on any atom is -0.366 e. The van der Waals surface area contributed by atoms with Crippen LogP contribution in [0.3, 0.4) is 0 Å². The number of para-hydroxylation sites is 1. The van der Waals surface area contributed by atoms with Crippen LogP contribution in [-0.4, -0.2) is 54.3 Å². The van der Waals surface area contributed by atoms with Crippen LogP contribution in [0.25, 0.3) is 0 Å². The Balaban J connectivity index is 1.27. The number of thiophene rings is 1. The van der Waals surface area contributed by atoms with Crippen molar-refractivity contribution >= 4 is 28.8 Å². The summed E-state index contributed by atoms with van der Waals surface area (Å²) in [7, 11) is 0. The van der Waals surface area contributed by atoms with Crippen molar-refractivity contribution in [2.75, 3.05) is 37.6 Å². The molecule has 0 saturated carbocycles. The molecule has 2 aliphatic heterocycles. The van der Waals surface area contributed by atoms with Crippen LogP contribution in [0.4, 0.5) is 10.1 Å². The molecule has 2 atom stereocenters. The number of carbonyl (C=O) groups is 2. The SMILES string of the molecule is O=C(C1CCC(c2ccccc2)N(C(=O)Cc2cccs2)C1)N1CCN(c2ccccc2F)CC1. The predicted octanol–water partition coefficient (Wildman–Crippen LogP) is 4.76. The standard InChI is InChI=1S/C28H30FN3O2S/c29-24-10-4-5-11-26(24)30-14-16-31(17-15-30)28(34)22-12-13-25(21-7-2-1-3-8-21)32(20-22)27(33)19-23-9-6-18-35-23/h1-11,18,22,25H,12-17,19-20H2. The number of amides is 2. The highest BCUT2D eigenvalue weighted by atomic mass is 32.1. The van der Waals surface area contributed by atoms with Gasteiger partial charge in [-0.05, 0) is 42.0 Å². The van der Waals surface area contributed by atoms with Crippen molar-refractivity contribution in [2.24, 2.45) is 5.92 Å². The molecule has 0 N–H and O–H groups in total. The molecule has 3 heterocycles. The second-order valence-corrected chi connectivity index (χ2v) is 10.3. The zero-order valence-electron chi connectivity index (χ0n) is 19.7. The third-order valence-electron chi connectivity index (χ3n) is 7.13. The molecule has 2 fully saturated rings. The Morgan fingerprint density at radius 2 is 1.63 bits per heavy atom. The Labute approximate surface area is 209 Å². The van der Waals surface area contributed by atoms with E-state index in [-0.39, 0.29) is 29.6 Å². The van der Waals surface area contributed by atoms with Crippen LogP contribution in [0.2, 0.25) is 0 Å². The summed E-state index contributed by atoms with van der Waals surface area (Å²) in [6.45, 7) is 2.78. The van der Waals surface area contributed by atoms with Crippen molar-refractivity contribution in [1.82, 2.24) is 9.80 Å². The number of anilines is 1. The maximum atomic E-state index is 14.2. The zero-order valence-corrected chi connectivity index (χ0v) is 20.5. The van der Waals surface area contributed by atoms with Gasteiger partial charge in [0.15, 0.2) is 0 Å². The molecule has 2 unspecified atom stereocenters. The minimum atomic E-state index is -0.230. The van der Waals surface area contributed by atoms with E-state index in [0.29, 0.717) is 44.8 Å². The van der Waals surface area contributed by atoms with Crippen LogP contribution in [0, 0.1) is 11.7 Å². The molecule has 2 amide bonds. The van der Waals surface area contributed by atoms with Crippen LogP contribution in [0.5, 0.6) is 0 Å². The van der Waals surface area contributed by atoms with E-state index < -0.39 is 0 Å². The van der Waals surface area contributed by atoms with Crippen molar-refractivity contribution in [3.63, 3.8) is 0 Å². The molecule has 5 rings (SSSR count). The molecule has 5 nitrogen and oxygen atoms in total. The largest absolute Gasteiger partial charge is 0.366 e. The van der Waals surface area contributed by atoms with Gasteiger partial charge in [-0.15, -0.1) is 11.3 Å². The van der Waals surface area contributed by atoms with E-state index in [4.69, 9.17) is 0 Å². The summed E-state index contributed by atoms with van der Waals surface area (Å²) >= 11 is 1.59. The first-order valence-electron chi connectivity index (χ1n) is 12.2. The van der Waals surface area contributed by atoms with E-state index in [9.17, 15) is 14.0 Å². The fourth-order valence-electron chi connectivity index (χ4n) is 5.27. The highest BCUT2D eigenvalue weighted by Gasteiger charge is 2.37. The van der Waals surface area contributed by atoms with Gasteiger partial charge in [0.25, 0.3) is 0 Å². The van der Waals surface area contributed by atoms with Gasteiger partial charge >= 0.3 is 0 Å². The number of benzene rings is 2. The van der Waals surface area contributed by atoms with Gasteiger partial charge in [0, 0.05) is 37.6 Å². The van der Waals surface area contributed by atoms with Gasteiger partial charge in [-0.1, -0.05) is 48.5 Å². The van der Waals surface area contributed by atoms with Crippen molar-refractivity contribution in [1.29, 1.82) is 0 Å². The number of rotatable bonds is 5. The Kier molecular flexibility index (Phi) is 7.13. The second kappa shape index (κ2) is 10.6. The van der Waals surface area contributed by atoms with Gasteiger partial charge in [-0.2, -0.15) is 0 Å². The maximum absolute atomic E-state index is 14.2. The molecule has 0 bridgehead atoms. The van der Waals surface area contributed by atoms with Gasteiger partial charge < -0.3 is 14.7 Å². The fourth-order valence-corrected chi connectivity index (χ4v) is 5.96. The third kappa shape index (κ3) is 5.25. The minimum absolute atomic E-state index is 0.00869. The van der Waals surface area contributed by atoms with Crippen molar-refractivity contribution < 1.29 is 14.0 Å². The van der Waals surface area contributed by atoms with Crippen LogP contribution in [0.15, 0.2) is 72.1 Å². The molecule has 1 aromatic heterocycles. The number of hydrogen-bond donors (Lipinski definition) is 0. The molecule has 182 valence electrons. The molecule has 2 aromatic carbocycles. The topological polar surface area (TPSA) is 43.9 Å². The lowest BCUT2D eigenvalue weighted by Crippen LogP contribution is -2.53. The maximum Gasteiger partial charge on any atom is 0.228 e. The number of hydrogen-bond acceptors (Lipinski definition) is 4. The number of halogens is 1. The third-order valence-corrected chi connectivity index (χ3v) is 8.00. The molecule has 3 aromatic rings. The molecule has 35 heavy (non-hydrogen) atoms. The van der Waals surface area contributed by atoms with Crippen LogP contribution < -0.4 is 4.90 Å². The molecule has 2 aliphatic rings. The Morgan fingerprint density at radius 1 is 0.886 bits per heavy atom. The number of piperidine rings is 1. The quantitative estimate of drug-likeness (QED) is 0.517. The summed E-state index contributed by atoms with van der Waals surface area (Å²) in [5.41, 5.74) is 1.71. The van der Waals surface area contributed by atoms with Crippen LogP contribution in [-0.2, 0) is 16.0 Å². The fraction of sp³-hybridized carbons (Fsp3) is 0.357. The molecule has 2 saturated heterocycles. The molecular weight excluding hydrogens is 461 g/mol. The van der Waals surface area contributed by atoms with E-state index >= 15 is 0 Å². The van der Waals surface area contributed by atoms with Crippen molar-refractivity contribution in [3.8, 4) is 0 Å². The number of piperazine rings is 1. The first-order valence-corrected chi connectivity index (χ1v) is 13.1. The molecule has 0 radical (unpaired) electrons. The van der Waals surface area contributed by atoms with E-state index in [2.05, 4.69) is 12.1 Å². The zero-order chi connectivity index (χ0) is 24.2. The van der Waals surface area contributed by atoms with Crippen LogP contribution >= 0.6 is 11.3 Å². The molecule has 0 spiro atoms. The van der Waals surface area contributed by atoms with E-state index in [1.807, 2.05) is 56.5 Å². The highest BCUT2D eigenvalue weighted by molar-refractivity contribution is 7.10. The normalized spacial score (nSPS) is 20.7. The lowest BCUT2D eigenvalue weighted by atomic mass is 9.87. The second-order valence-electron chi connectivity index (χ2n) is 9.27. The Bertz CT molecular complexity index is 1150. The van der Waals surface area contributed by atoms with Gasteiger partial charge in [-0.3, -0.25) is 9.59 Å². The van der Waals surface area contributed by atoms with Gasteiger partial charge in [-0.25, -0.2) is 4.39 Å². The smallest absolute Gasteiger partial charge is 0.228 e. The first-order chi connectivity index (χ1) is 17.1. The monoisotopic (exact) mass is 491 g/mol. The molecular formula is C28H30FN3O2S. The summed E-state index contributed by atoms with van der Waals surface area (Å²) < 4.78 is 14.2.